The molecule has 0 aliphatic carbocycles. The Bertz CT molecular complexity index is 1140. The van der Waals surface area contributed by atoms with Crippen molar-refractivity contribution in [3.8, 4) is 17.2 Å². The summed E-state index contributed by atoms with van der Waals surface area (Å²) in [5.41, 5.74) is 3.60. The molecule has 35 heavy (non-hydrogen) atoms. The molecule has 1 atom stereocenters. The molecule has 0 spiro atoms. The van der Waals surface area contributed by atoms with E-state index in [9.17, 15) is 4.79 Å². The van der Waals surface area contributed by atoms with E-state index in [0.717, 1.165) is 34.6 Å². The molecule has 1 aliphatic heterocycles. The first-order chi connectivity index (χ1) is 17.1. The molecular weight excluding hydrogens is 446 g/mol. The molecule has 7 heteroatoms. The summed E-state index contributed by atoms with van der Waals surface area (Å²) in [6, 6.07) is 23.1. The average Bonchev–Trinajstić information content (AvgIpc) is 3.27. The van der Waals surface area contributed by atoms with Crippen LogP contribution >= 0.6 is 0 Å². The van der Waals surface area contributed by atoms with Gasteiger partial charge in [-0.15, -0.1) is 0 Å². The van der Waals surface area contributed by atoms with Gasteiger partial charge in [0.2, 0.25) is 0 Å². The highest BCUT2D eigenvalue weighted by molar-refractivity contribution is 6.01. The van der Waals surface area contributed by atoms with Gasteiger partial charge in [-0.05, 0) is 30.2 Å². The Kier molecular flexibility index (Phi) is 8.22. The predicted molar refractivity (Wildman–Crippen MR) is 132 cm³/mol. The van der Waals surface area contributed by atoms with Gasteiger partial charge < -0.3 is 24.2 Å². The van der Waals surface area contributed by atoms with Crippen LogP contribution < -0.4 is 14.2 Å². The minimum Gasteiger partial charge on any atom is -0.492 e. The first kappa shape index (κ1) is 24.1. The van der Waals surface area contributed by atoms with Gasteiger partial charge in [0.1, 0.15) is 42.8 Å². The van der Waals surface area contributed by atoms with Crippen molar-refractivity contribution < 1.29 is 28.9 Å². The number of carboxylic acids is 1. The van der Waals surface area contributed by atoms with Gasteiger partial charge in [-0.2, -0.15) is 0 Å². The van der Waals surface area contributed by atoms with Crippen molar-refractivity contribution in [1.82, 2.24) is 0 Å². The Morgan fingerprint density at radius 3 is 2.54 bits per heavy atom. The molecule has 182 valence electrons. The van der Waals surface area contributed by atoms with Gasteiger partial charge >= 0.3 is 5.97 Å². The van der Waals surface area contributed by atoms with Crippen LogP contribution in [0.15, 0.2) is 78.0 Å². The third kappa shape index (κ3) is 6.76. The molecule has 1 aliphatic rings. The molecule has 7 nitrogen and oxygen atoms in total. The maximum Gasteiger partial charge on any atom is 0.304 e. The first-order valence-electron chi connectivity index (χ1n) is 11.7. The van der Waals surface area contributed by atoms with Crippen molar-refractivity contribution in [2.45, 2.75) is 32.3 Å². The standard InChI is InChI=1S/C28H29NO6/c1-2-14-35-29-26(21-6-4-3-5-7-21)19-33-23-10-8-20(9-11-23)17-32-24-12-13-25-22(15-28(30)31)18-34-27(25)16-24/h3-13,16,22H,2,14-15,17-19H2,1H3,(H,30,31)/b29-26+. The largest absolute Gasteiger partial charge is 0.492 e. The van der Waals surface area contributed by atoms with Crippen molar-refractivity contribution in [2.24, 2.45) is 5.16 Å². The SMILES string of the molecule is CCCO/N=C(\COc1ccc(COc2ccc3c(c2)OCC3CC(=O)O)cc1)c1ccccc1. The highest BCUT2D eigenvalue weighted by atomic mass is 16.6. The lowest BCUT2D eigenvalue weighted by Crippen LogP contribution is -2.14. The Morgan fingerprint density at radius 2 is 1.80 bits per heavy atom. The lowest BCUT2D eigenvalue weighted by Gasteiger charge is -2.11. The summed E-state index contributed by atoms with van der Waals surface area (Å²) >= 11 is 0. The number of rotatable bonds is 12. The van der Waals surface area contributed by atoms with Gasteiger partial charge in [0, 0.05) is 23.1 Å². The summed E-state index contributed by atoms with van der Waals surface area (Å²) in [5, 5.41) is 13.3. The average molecular weight is 476 g/mol. The molecule has 1 heterocycles. The third-order valence-electron chi connectivity index (χ3n) is 5.57. The molecule has 4 rings (SSSR count). The zero-order valence-electron chi connectivity index (χ0n) is 19.7. The lowest BCUT2D eigenvalue weighted by atomic mass is 9.98. The summed E-state index contributed by atoms with van der Waals surface area (Å²) in [5.74, 6) is 1.15. The van der Waals surface area contributed by atoms with E-state index in [1.165, 1.54) is 0 Å². The normalized spacial score (nSPS) is 14.7. The van der Waals surface area contributed by atoms with E-state index in [-0.39, 0.29) is 12.3 Å². The molecule has 0 amide bonds. The van der Waals surface area contributed by atoms with Crippen molar-refractivity contribution in [1.29, 1.82) is 0 Å². The van der Waals surface area contributed by atoms with E-state index in [1.54, 1.807) is 0 Å². The van der Waals surface area contributed by atoms with Gasteiger partial charge in [0.15, 0.2) is 0 Å². The van der Waals surface area contributed by atoms with E-state index >= 15 is 0 Å². The fourth-order valence-electron chi connectivity index (χ4n) is 3.73. The molecule has 0 saturated heterocycles. The monoisotopic (exact) mass is 475 g/mol. The Labute approximate surface area is 204 Å². The van der Waals surface area contributed by atoms with Crippen LogP contribution in [0.25, 0.3) is 0 Å². The van der Waals surface area contributed by atoms with Gasteiger partial charge in [-0.3, -0.25) is 4.79 Å². The highest BCUT2D eigenvalue weighted by Crippen LogP contribution is 2.38. The van der Waals surface area contributed by atoms with Gasteiger partial charge in [0.25, 0.3) is 0 Å². The first-order valence-corrected chi connectivity index (χ1v) is 11.7. The zero-order chi connectivity index (χ0) is 24.5. The fraction of sp³-hybridized carbons (Fsp3) is 0.286. The van der Waals surface area contributed by atoms with Gasteiger partial charge in [-0.1, -0.05) is 60.6 Å². The predicted octanol–water partition coefficient (Wildman–Crippen LogP) is 5.43. The summed E-state index contributed by atoms with van der Waals surface area (Å²) in [7, 11) is 0. The topological polar surface area (TPSA) is 86.6 Å². The van der Waals surface area contributed by atoms with E-state index in [2.05, 4.69) is 5.16 Å². The fourth-order valence-corrected chi connectivity index (χ4v) is 3.73. The summed E-state index contributed by atoms with van der Waals surface area (Å²) in [4.78, 5) is 16.4. The van der Waals surface area contributed by atoms with Crippen molar-refractivity contribution in [3.63, 3.8) is 0 Å². The van der Waals surface area contributed by atoms with Crippen LogP contribution in [0.1, 0.15) is 42.4 Å². The van der Waals surface area contributed by atoms with E-state index in [1.807, 2.05) is 79.7 Å². The molecule has 0 radical (unpaired) electrons. The number of hydrogen-bond acceptors (Lipinski definition) is 6. The maximum atomic E-state index is 11.0. The lowest BCUT2D eigenvalue weighted by molar-refractivity contribution is -0.137. The second-order valence-corrected chi connectivity index (χ2v) is 8.26. The minimum absolute atomic E-state index is 0.0616. The Balaban J connectivity index is 1.31. The number of nitrogens with zero attached hydrogens (tertiary/aromatic N) is 1. The number of fused-ring (bicyclic) bond motifs is 1. The molecule has 1 unspecified atom stereocenters. The second-order valence-electron chi connectivity index (χ2n) is 8.26. The Hall–Kier alpha value is -4.00. The molecular formula is C28H29NO6. The number of hydrogen-bond donors (Lipinski definition) is 1. The minimum atomic E-state index is -0.826. The van der Waals surface area contributed by atoms with Crippen molar-refractivity contribution >= 4 is 11.7 Å². The quantitative estimate of drug-likeness (QED) is 0.214. The van der Waals surface area contributed by atoms with E-state index in [4.69, 9.17) is 24.2 Å². The highest BCUT2D eigenvalue weighted by Gasteiger charge is 2.26. The number of benzene rings is 3. The second kappa shape index (κ2) is 11.9. The van der Waals surface area contributed by atoms with Crippen LogP contribution in [0, 0.1) is 0 Å². The molecule has 0 bridgehead atoms. The third-order valence-corrected chi connectivity index (χ3v) is 5.57. The zero-order valence-corrected chi connectivity index (χ0v) is 19.7. The summed E-state index contributed by atoms with van der Waals surface area (Å²) in [6.45, 7) is 3.66. The van der Waals surface area contributed by atoms with Crippen molar-refractivity contribution in [3.05, 3.63) is 89.5 Å². The number of oxime groups is 1. The maximum absolute atomic E-state index is 11.0. The summed E-state index contributed by atoms with van der Waals surface area (Å²) in [6.07, 6.45) is 0.950. The number of aliphatic carboxylic acids is 1. The van der Waals surface area contributed by atoms with Crippen LogP contribution in [-0.4, -0.2) is 36.6 Å². The molecule has 0 aromatic heterocycles. The van der Waals surface area contributed by atoms with E-state index in [0.29, 0.717) is 37.9 Å². The van der Waals surface area contributed by atoms with Gasteiger partial charge in [0.05, 0.1) is 13.0 Å². The number of carbonyl (C=O) groups is 1. The molecule has 1 N–H and O–H groups in total. The van der Waals surface area contributed by atoms with Crippen LogP contribution in [-0.2, 0) is 16.2 Å². The molecule has 3 aromatic rings. The molecule has 0 saturated carbocycles. The Morgan fingerprint density at radius 1 is 1.03 bits per heavy atom. The van der Waals surface area contributed by atoms with Crippen molar-refractivity contribution in [2.75, 3.05) is 19.8 Å². The van der Waals surface area contributed by atoms with E-state index < -0.39 is 5.97 Å². The smallest absolute Gasteiger partial charge is 0.304 e. The van der Waals surface area contributed by atoms with Crippen LogP contribution in [0.5, 0.6) is 17.2 Å². The number of ether oxygens (including phenoxy) is 3. The molecule has 0 fully saturated rings. The van der Waals surface area contributed by atoms with Crippen LogP contribution in [0.3, 0.4) is 0 Å². The molecule has 3 aromatic carbocycles. The van der Waals surface area contributed by atoms with Crippen LogP contribution in [0.4, 0.5) is 0 Å². The summed E-state index contributed by atoms with van der Waals surface area (Å²) < 4.78 is 17.5. The van der Waals surface area contributed by atoms with Gasteiger partial charge in [-0.25, -0.2) is 0 Å². The van der Waals surface area contributed by atoms with Crippen LogP contribution in [0.2, 0.25) is 0 Å². The number of carboxylic acid groups (broad SMARTS) is 1.